The van der Waals surface area contributed by atoms with Gasteiger partial charge >= 0.3 is 0 Å². The summed E-state index contributed by atoms with van der Waals surface area (Å²) in [4.78, 5) is 26.8. The molecule has 0 radical (unpaired) electrons. The van der Waals surface area contributed by atoms with Crippen molar-refractivity contribution in [2.75, 3.05) is 18.4 Å². The zero-order chi connectivity index (χ0) is 18.4. The Morgan fingerprint density at radius 1 is 1.31 bits per heavy atom. The minimum absolute atomic E-state index is 0. The predicted molar refractivity (Wildman–Crippen MR) is 109 cm³/mol. The van der Waals surface area contributed by atoms with Crippen molar-refractivity contribution in [3.05, 3.63) is 28.2 Å². The molecule has 5 nitrogen and oxygen atoms in total. The maximum absolute atomic E-state index is 12.8. The highest BCUT2D eigenvalue weighted by Gasteiger charge is 2.29. The monoisotopic (exact) mass is 421 g/mol. The first-order chi connectivity index (χ1) is 11.9. The van der Waals surface area contributed by atoms with Crippen molar-refractivity contribution in [3.8, 4) is 0 Å². The van der Waals surface area contributed by atoms with Crippen molar-refractivity contribution in [1.29, 1.82) is 0 Å². The molecule has 3 N–H and O–H groups in total. The fourth-order valence-corrected chi connectivity index (χ4v) is 3.66. The topological polar surface area (TPSA) is 75.4 Å². The van der Waals surface area contributed by atoms with Gasteiger partial charge in [0.2, 0.25) is 11.8 Å². The van der Waals surface area contributed by atoms with Crippen molar-refractivity contribution in [1.82, 2.24) is 4.90 Å². The molecule has 26 heavy (non-hydrogen) atoms. The van der Waals surface area contributed by atoms with Crippen LogP contribution in [0.5, 0.6) is 0 Å². The molecule has 2 amide bonds. The molecule has 2 atom stereocenters. The van der Waals surface area contributed by atoms with E-state index in [1.807, 2.05) is 6.92 Å². The number of hydrogen-bond donors (Lipinski definition) is 2. The average molecular weight is 423 g/mol. The normalized spacial score (nSPS) is 19.4. The van der Waals surface area contributed by atoms with Gasteiger partial charge in [0.1, 0.15) is 0 Å². The van der Waals surface area contributed by atoms with E-state index in [4.69, 9.17) is 28.9 Å². The Labute approximate surface area is 171 Å². The molecule has 8 heteroatoms. The van der Waals surface area contributed by atoms with Gasteiger partial charge in [0, 0.05) is 23.5 Å². The molecule has 1 saturated carbocycles. The summed E-state index contributed by atoms with van der Waals surface area (Å²) in [7, 11) is 0. The molecule has 1 aromatic carbocycles. The van der Waals surface area contributed by atoms with E-state index in [2.05, 4.69) is 5.32 Å². The van der Waals surface area contributed by atoms with Crippen LogP contribution in [0.15, 0.2) is 18.2 Å². The Balaban J connectivity index is 0.00000338. The smallest absolute Gasteiger partial charge is 0.244 e. The molecule has 0 aliphatic heterocycles. The van der Waals surface area contributed by atoms with Crippen LogP contribution in [0.1, 0.15) is 39.0 Å². The molecular weight excluding hydrogens is 397 g/mol. The molecule has 0 bridgehead atoms. The molecule has 0 heterocycles. The number of nitrogens with one attached hydrogen (secondary N) is 1. The number of rotatable bonds is 6. The van der Waals surface area contributed by atoms with Gasteiger partial charge in [0.15, 0.2) is 0 Å². The molecular formula is C18H26Cl3N3O2. The molecule has 0 aromatic heterocycles. The summed E-state index contributed by atoms with van der Waals surface area (Å²) >= 11 is 11.9. The maximum atomic E-state index is 12.8. The largest absolute Gasteiger partial charge is 0.333 e. The van der Waals surface area contributed by atoms with Gasteiger partial charge in [-0.05, 0) is 43.9 Å². The van der Waals surface area contributed by atoms with Gasteiger partial charge in [-0.3, -0.25) is 9.59 Å². The minimum atomic E-state index is -0.272. The van der Waals surface area contributed by atoms with E-state index in [1.165, 1.54) is 0 Å². The van der Waals surface area contributed by atoms with E-state index in [0.717, 1.165) is 25.7 Å². The summed E-state index contributed by atoms with van der Waals surface area (Å²) in [5.41, 5.74) is 6.48. The summed E-state index contributed by atoms with van der Waals surface area (Å²) < 4.78 is 0. The number of halogens is 3. The van der Waals surface area contributed by atoms with E-state index in [9.17, 15) is 9.59 Å². The van der Waals surface area contributed by atoms with Crippen molar-refractivity contribution in [2.45, 2.75) is 45.1 Å². The fraction of sp³-hybridized carbons (Fsp3) is 0.556. The van der Waals surface area contributed by atoms with E-state index < -0.39 is 0 Å². The third-order valence-electron chi connectivity index (χ3n) is 4.41. The maximum Gasteiger partial charge on any atom is 0.244 e. The lowest BCUT2D eigenvalue weighted by molar-refractivity contribution is -0.139. The minimum Gasteiger partial charge on any atom is -0.333 e. The summed E-state index contributed by atoms with van der Waals surface area (Å²) in [6, 6.07) is 4.95. The van der Waals surface area contributed by atoms with Gasteiger partial charge in [0.25, 0.3) is 0 Å². The number of carbonyl (C=O) groups is 2. The molecule has 1 fully saturated rings. The van der Waals surface area contributed by atoms with Crippen LogP contribution < -0.4 is 11.1 Å². The van der Waals surface area contributed by atoms with Crippen LogP contribution in [-0.2, 0) is 9.59 Å². The molecule has 0 spiro atoms. The second-order valence-electron chi connectivity index (χ2n) is 6.56. The first kappa shape index (κ1) is 23.0. The average Bonchev–Trinajstić information content (AvgIpc) is 2.56. The number of hydrogen-bond acceptors (Lipinski definition) is 3. The highest BCUT2D eigenvalue weighted by atomic mass is 35.5. The van der Waals surface area contributed by atoms with E-state index in [-0.39, 0.29) is 42.7 Å². The standard InChI is InChI=1S/C18H25Cl2N3O2.ClH/c1-2-8-23(18(25)12-4-3-5-14(21)9-12)11-17(24)22-16-7-6-13(19)10-15(16)20;/h6-7,10,12,14H,2-5,8-9,11,21H2,1H3,(H,22,24);1H. The van der Waals surface area contributed by atoms with Crippen LogP contribution in [0.2, 0.25) is 10.0 Å². The lowest BCUT2D eigenvalue weighted by atomic mass is 9.85. The predicted octanol–water partition coefficient (Wildman–Crippen LogP) is 4.11. The third kappa shape index (κ3) is 6.62. The third-order valence-corrected chi connectivity index (χ3v) is 4.96. The summed E-state index contributed by atoms with van der Waals surface area (Å²) in [5, 5.41) is 3.61. The van der Waals surface area contributed by atoms with Gasteiger partial charge < -0.3 is 16.0 Å². The fourth-order valence-electron chi connectivity index (χ4n) is 3.20. The van der Waals surface area contributed by atoms with Gasteiger partial charge in [-0.25, -0.2) is 0 Å². The lowest BCUT2D eigenvalue weighted by Gasteiger charge is -2.31. The van der Waals surface area contributed by atoms with Crippen molar-refractivity contribution >= 4 is 53.1 Å². The number of nitrogens with zero attached hydrogens (tertiary/aromatic N) is 1. The van der Waals surface area contributed by atoms with Gasteiger partial charge in [-0.15, -0.1) is 12.4 Å². The highest BCUT2D eigenvalue weighted by molar-refractivity contribution is 6.36. The number of nitrogens with two attached hydrogens (primary N) is 1. The molecule has 0 saturated heterocycles. The molecule has 2 rings (SSSR count). The quantitative estimate of drug-likeness (QED) is 0.724. The Bertz CT molecular complexity index is 628. The summed E-state index contributed by atoms with van der Waals surface area (Å²) in [6.07, 6.45) is 4.26. The van der Waals surface area contributed by atoms with Gasteiger partial charge in [-0.2, -0.15) is 0 Å². The molecule has 1 aliphatic carbocycles. The van der Waals surface area contributed by atoms with Gasteiger partial charge in [-0.1, -0.05) is 36.5 Å². The van der Waals surface area contributed by atoms with Crippen molar-refractivity contribution in [2.24, 2.45) is 11.7 Å². The van der Waals surface area contributed by atoms with E-state index >= 15 is 0 Å². The summed E-state index contributed by atoms with van der Waals surface area (Å²) in [6.45, 7) is 2.55. The Hall–Kier alpha value is -1.01. The first-order valence-electron chi connectivity index (χ1n) is 8.70. The Morgan fingerprint density at radius 2 is 2.04 bits per heavy atom. The van der Waals surface area contributed by atoms with Crippen molar-refractivity contribution < 1.29 is 9.59 Å². The molecule has 146 valence electrons. The van der Waals surface area contributed by atoms with Gasteiger partial charge in [0.05, 0.1) is 17.3 Å². The van der Waals surface area contributed by atoms with Crippen LogP contribution in [0.3, 0.4) is 0 Å². The summed E-state index contributed by atoms with van der Waals surface area (Å²) in [5.74, 6) is -0.331. The van der Waals surface area contributed by atoms with Crippen LogP contribution in [-0.4, -0.2) is 35.8 Å². The number of amides is 2. The lowest BCUT2D eigenvalue weighted by Crippen LogP contribution is -2.44. The first-order valence-corrected chi connectivity index (χ1v) is 9.45. The number of carbonyl (C=O) groups excluding carboxylic acids is 2. The van der Waals surface area contributed by atoms with Crippen LogP contribution >= 0.6 is 35.6 Å². The van der Waals surface area contributed by atoms with E-state index in [1.54, 1.807) is 23.1 Å². The Kier molecular flexibility index (Phi) is 9.72. The molecule has 1 aliphatic rings. The second-order valence-corrected chi connectivity index (χ2v) is 7.40. The van der Waals surface area contributed by atoms with Crippen LogP contribution in [0.4, 0.5) is 5.69 Å². The van der Waals surface area contributed by atoms with E-state index in [0.29, 0.717) is 28.7 Å². The highest BCUT2D eigenvalue weighted by Crippen LogP contribution is 2.26. The SMILES string of the molecule is CCCN(CC(=O)Nc1ccc(Cl)cc1Cl)C(=O)C1CCCC(N)C1.Cl. The number of anilines is 1. The van der Waals surface area contributed by atoms with Crippen LogP contribution in [0, 0.1) is 5.92 Å². The second kappa shape index (κ2) is 11.0. The number of benzene rings is 1. The molecule has 2 unspecified atom stereocenters. The zero-order valence-corrected chi connectivity index (χ0v) is 17.2. The van der Waals surface area contributed by atoms with Crippen molar-refractivity contribution in [3.63, 3.8) is 0 Å². The Morgan fingerprint density at radius 3 is 2.65 bits per heavy atom. The van der Waals surface area contributed by atoms with Crippen LogP contribution in [0.25, 0.3) is 0 Å². The molecule has 1 aromatic rings. The zero-order valence-electron chi connectivity index (χ0n) is 14.8.